The van der Waals surface area contributed by atoms with E-state index in [4.69, 9.17) is 5.73 Å². The summed E-state index contributed by atoms with van der Waals surface area (Å²) in [6.45, 7) is 4.59. The third-order valence-electron chi connectivity index (χ3n) is 9.41. The molecule has 4 aromatic rings. The van der Waals surface area contributed by atoms with E-state index in [2.05, 4.69) is 24.5 Å². The number of nitrogens with zero attached hydrogens (tertiary/aromatic N) is 8. The SMILES string of the molecule is CN1CCN(S(=O)(=O)N(Cc2ccc(C(=O)CN)cn2)c2ccccc2)CC1.COC(=O)c1ccc(CN(c2ccccc2)S(=O)(=O)N2CCN(C)CC2)nc1. The van der Waals surface area contributed by atoms with Crippen molar-refractivity contribution in [1.29, 1.82) is 0 Å². The number of ketones is 1. The van der Waals surface area contributed by atoms with Crippen LogP contribution in [0.25, 0.3) is 0 Å². The van der Waals surface area contributed by atoms with Gasteiger partial charge in [-0.05, 0) is 62.6 Å². The Morgan fingerprint density at radius 3 is 1.36 bits per heavy atom. The number of piperazine rings is 2. The van der Waals surface area contributed by atoms with Crippen LogP contribution >= 0.6 is 0 Å². The quantitative estimate of drug-likeness (QED) is 0.154. The standard InChI is InChI=1S/C19H25N5O3S.C19H24N4O4S/c1-22-9-11-23(12-10-22)28(26,27)24(18-5-3-2-4-6-18)15-17-8-7-16(14-21-17)19(25)13-20;1-21-10-12-22(13-11-21)28(25,26)23(18-6-4-3-5-7-18)15-17-9-8-16(14-20-17)19(24)27-2/h2-8,14H,9-13,15,20H2,1H3;3-9,14H,10-13,15H2,1-2H3. The Balaban J connectivity index is 0.000000214. The normalized spacial score (nSPS) is 16.0. The van der Waals surface area contributed by atoms with Gasteiger partial charge in [0.05, 0.1) is 55.1 Å². The molecule has 0 unspecified atom stereocenters. The van der Waals surface area contributed by atoms with Crippen LogP contribution in [0.4, 0.5) is 11.4 Å². The molecule has 0 atom stereocenters. The van der Waals surface area contributed by atoms with Crippen LogP contribution in [0.5, 0.6) is 0 Å². The van der Waals surface area contributed by atoms with Gasteiger partial charge >= 0.3 is 26.4 Å². The molecule has 18 heteroatoms. The van der Waals surface area contributed by atoms with E-state index in [1.165, 1.54) is 36.7 Å². The summed E-state index contributed by atoms with van der Waals surface area (Å²) in [6, 6.07) is 24.5. The number of benzene rings is 2. The summed E-state index contributed by atoms with van der Waals surface area (Å²) < 4.78 is 63.8. The van der Waals surface area contributed by atoms with Crippen LogP contribution in [0.15, 0.2) is 97.3 Å². The molecule has 0 amide bonds. The Morgan fingerprint density at radius 1 is 0.625 bits per heavy atom. The third kappa shape index (κ3) is 10.7. The Bertz CT molecular complexity index is 1940. The predicted octanol–water partition coefficient (Wildman–Crippen LogP) is 2.09. The number of methoxy groups -OCH3 is 1. The first kappa shape index (κ1) is 42.3. The number of nitrogens with two attached hydrogens (primary N) is 1. The summed E-state index contributed by atoms with van der Waals surface area (Å²) in [5.74, 6) is -0.687. The molecule has 0 radical (unpaired) electrons. The van der Waals surface area contributed by atoms with Crippen LogP contribution in [0.3, 0.4) is 0 Å². The number of anilines is 2. The van der Waals surface area contributed by atoms with Crippen molar-refractivity contribution in [3.05, 3.63) is 120 Å². The summed E-state index contributed by atoms with van der Waals surface area (Å²) in [6.07, 6.45) is 2.84. The number of hydrogen-bond acceptors (Lipinski definition) is 12. The molecule has 16 nitrogen and oxygen atoms in total. The van der Waals surface area contributed by atoms with Gasteiger partial charge in [0.25, 0.3) is 0 Å². The van der Waals surface area contributed by atoms with Crippen LogP contribution in [-0.4, -0.2) is 137 Å². The van der Waals surface area contributed by atoms with Crippen molar-refractivity contribution in [3.8, 4) is 0 Å². The van der Waals surface area contributed by atoms with Crippen molar-refractivity contribution in [2.45, 2.75) is 13.1 Å². The number of Topliss-reactive ketones (excluding diaryl/α,β-unsaturated/α-hetero) is 1. The Morgan fingerprint density at radius 2 is 1.02 bits per heavy atom. The molecule has 2 N–H and O–H groups in total. The van der Waals surface area contributed by atoms with E-state index in [0.717, 1.165) is 0 Å². The zero-order valence-electron chi connectivity index (χ0n) is 31.8. The van der Waals surface area contributed by atoms with Crippen LogP contribution in [-0.2, 0) is 38.2 Å². The second kappa shape index (κ2) is 19.4. The number of ether oxygens (including phenoxy) is 1. The minimum absolute atomic E-state index is 0.0696. The van der Waals surface area contributed by atoms with Crippen LogP contribution < -0.4 is 14.3 Å². The third-order valence-corrected chi connectivity index (χ3v) is 13.2. The predicted molar refractivity (Wildman–Crippen MR) is 214 cm³/mol. The van der Waals surface area contributed by atoms with Gasteiger partial charge in [-0.15, -0.1) is 0 Å². The molecular weight excluding hydrogens is 759 g/mol. The maximum Gasteiger partial charge on any atom is 0.339 e. The van der Waals surface area contributed by atoms with Crippen LogP contribution in [0.2, 0.25) is 0 Å². The lowest BCUT2D eigenvalue weighted by Crippen LogP contribution is -2.52. The van der Waals surface area contributed by atoms with E-state index in [1.54, 1.807) is 72.8 Å². The van der Waals surface area contributed by atoms with Crippen LogP contribution in [0, 0.1) is 0 Å². The molecule has 0 bridgehead atoms. The second-order valence-electron chi connectivity index (χ2n) is 13.3. The lowest BCUT2D eigenvalue weighted by Gasteiger charge is -2.36. The minimum Gasteiger partial charge on any atom is -0.465 e. The Labute approximate surface area is 329 Å². The number of rotatable bonds is 13. The van der Waals surface area contributed by atoms with Crippen molar-refractivity contribution in [1.82, 2.24) is 28.4 Å². The molecular formula is C38H49N9O7S2. The van der Waals surface area contributed by atoms with Crippen molar-refractivity contribution in [2.24, 2.45) is 5.73 Å². The fraction of sp³-hybridized carbons (Fsp3) is 0.368. The van der Waals surface area contributed by atoms with E-state index in [9.17, 15) is 26.4 Å². The molecule has 56 heavy (non-hydrogen) atoms. The molecule has 2 saturated heterocycles. The number of esters is 1. The lowest BCUT2D eigenvalue weighted by atomic mass is 10.2. The molecule has 4 heterocycles. The van der Waals surface area contributed by atoms with Crippen molar-refractivity contribution in [3.63, 3.8) is 0 Å². The maximum absolute atomic E-state index is 13.4. The first-order valence-electron chi connectivity index (χ1n) is 18.1. The summed E-state index contributed by atoms with van der Waals surface area (Å²) >= 11 is 0. The first-order valence-corrected chi connectivity index (χ1v) is 20.9. The first-order chi connectivity index (χ1) is 26.8. The molecule has 0 aliphatic carbocycles. The fourth-order valence-electron chi connectivity index (χ4n) is 5.97. The van der Waals surface area contributed by atoms with Gasteiger partial charge in [0.2, 0.25) is 0 Å². The van der Waals surface area contributed by atoms with Gasteiger partial charge in [0, 0.05) is 70.3 Å². The zero-order valence-corrected chi connectivity index (χ0v) is 33.5. The fourth-order valence-corrected chi connectivity index (χ4v) is 9.14. The number of pyridine rings is 2. The summed E-state index contributed by atoms with van der Waals surface area (Å²) in [5, 5.41) is 0. The van der Waals surface area contributed by atoms with E-state index in [1.807, 2.05) is 26.2 Å². The largest absolute Gasteiger partial charge is 0.465 e. The summed E-state index contributed by atoms with van der Waals surface area (Å²) in [4.78, 5) is 36.0. The number of para-hydroxylation sites is 2. The molecule has 2 aromatic heterocycles. The van der Waals surface area contributed by atoms with Crippen LogP contribution in [0.1, 0.15) is 32.1 Å². The molecule has 0 saturated carbocycles. The van der Waals surface area contributed by atoms with Crippen molar-refractivity contribution in [2.75, 3.05) is 88.7 Å². The number of likely N-dealkylation sites (N-methyl/N-ethyl adjacent to an activating group) is 2. The second-order valence-corrected chi connectivity index (χ2v) is 17.0. The van der Waals surface area contributed by atoms with Gasteiger partial charge < -0.3 is 20.3 Å². The van der Waals surface area contributed by atoms with Gasteiger partial charge in [-0.2, -0.15) is 25.4 Å². The highest BCUT2D eigenvalue weighted by Crippen LogP contribution is 2.25. The molecule has 6 rings (SSSR count). The Hall–Kier alpha value is -4.82. The number of carbonyl (C=O) groups is 2. The zero-order chi connectivity index (χ0) is 40.3. The Kier molecular flexibility index (Phi) is 14.6. The molecule has 2 fully saturated rings. The van der Waals surface area contributed by atoms with E-state index < -0.39 is 26.4 Å². The molecule has 300 valence electrons. The highest BCUT2D eigenvalue weighted by atomic mass is 32.2. The molecule has 2 aliphatic heterocycles. The monoisotopic (exact) mass is 807 g/mol. The van der Waals surface area contributed by atoms with Gasteiger partial charge in [-0.3, -0.25) is 23.4 Å². The van der Waals surface area contributed by atoms with E-state index >= 15 is 0 Å². The average molecular weight is 808 g/mol. The summed E-state index contributed by atoms with van der Waals surface area (Å²) in [7, 11) is -2.18. The number of carbonyl (C=O) groups excluding carboxylic acids is 2. The van der Waals surface area contributed by atoms with Gasteiger partial charge in [-0.1, -0.05) is 36.4 Å². The minimum atomic E-state index is -3.72. The van der Waals surface area contributed by atoms with E-state index in [0.29, 0.717) is 86.2 Å². The van der Waals surface area contributed by atoms with Gasteiger partial charge in [0.15, 0.2) is 5.78 Å². The van der Waals surface area contributed by atoms with Crippen molar-refractivity contribution >= 4 is 43.5 Å². The molecule has 2 aliphatic rings. The van der Waals surface area contributed by atoms with Gasteiger partial charge in [-0.25, -0.2) is 4.79 Å². The summed E-state index contributed by atoms with van der Waals surface area (Å²) in [5.41, 5.74) is 8.34. The smallest absolute Gasteiger partial charge is 0.339 e. The maximum atomic E-state index is 13.4. The lowest BCUT2D eigenvalue weighted by molar-refractivity contribution is 0.0600. The van der Waals surface area contributed by atoms with Gasteiger partial charge in [0.1, 0.15) is 0 Å². The topological polar surface area (TPSA) is 183 Å². The average Bonchev–Trinajstić information content (AvgIpc) is 3.23. The molecule has 0 spiro atoms. The highest BCUT2D eigenvalue weighted by Gasteiger charge is 2.34. The highest BCUT2D eigenvalue weighted by molar-refractivity contribution is 7.90. The number of hydrogen-bond donors (Lipinski definition) is 1. The van der Waals surface area contributed by atoms with Crippen molar-refractivity contribution < 1.29 is 31.2 Å². The van der Waals surface area contributed by atoms with E-state index in [-0.39, 0.29) is 25.4 Å². The number of aromatic nitrogens is 2. The molecule has 2 aromatic carbocycles.